The number of Topliss-reactive ketones (excluding diaryl/α,β-unsaturated/α-hetero) is 1. The Morgan fingerprint density at radius 2 is 1.67 bits per heavy atom. The molecule has 0 aliphatic rings. The van der Waals surface area contributed by atoms with Gasteiger partial charge in [0.05, 0.1) is 5.56 Å². The van der Waals surface area contributed by atoms with Crippen LogP contribution in [0.5, 0.6) is 0 Å². The second kappa shape index (κ2) is 5.04. The summed E-state index contributed by atoms with van der Waals surface area (Å²) in [6.45, 7) is 0. The monoisotopic (exact) mass is 250 g/mol. The van der Waals surface area contributed by atoms with Crippen LogP contribution in [0.4, 0.5) is 13.2 Å². The smallest absolute Gasteiger partial charge is 0.170 e. The van der Waals surface area contributed by atoms with Gasteiger partial charge in [-0.1, -0.05) is 18.2 Å². The van der Waals surface area contributed by atoms with Crippen LogP contribution < -0.4 is 0 Å². The van der Waals surface area contributed by atoms with Crippen molar-refractivity contribution >= 4 is 5.78 Å². The van der Waals surface area contributed by atoms with Gasteiger partial charge in [0.1, 0.15) is 17.5 Å². The molecule has 1 nitrogen and oxygen atoms in total. The molecule has 0 radical (unpaired) electrons. The van der Waals surface area contributed by atoms with E-state index in [0.717, 1.165) is 18.2 Å². The lowest BCUT2D eigenvalue weighted by Crippen LogP contribution is -2.08. The van der Waals surface area contributed by atoms with E-state index in [4.69, 9.17) is 0 Å². The Bertz CT molecular complexity index is 593. The van der Waals surface area contributed by atoms with E-state index >= 15 is 0 Å². The van der Waals surface area contributed by atoms with Crippen molar-refractivity contribution in [3.05, 3.63) is 71.0 Å². The molecule has 0 amide bonds. The standard InChI is InChI=1S/C14H9F3O/c15-10-5-6-13(17)11(8-10)14(18)7-9-3-1-2-4-12(9)16/h1-6,8H,7H2. The topological polar surface area (TPSA) is 17.1 Å². The molecule has 2 aromatic carbocycles. The van der Waals surface area contributed by atoms with Crippen molar-refractivity contribution < 1.29 is 18.0 Å². The van der Waals surface area contributed by atoms with Crippen LogP contribution in [0.3, 0.4) is 0 Å². The molecule has 0 atom stereocenters. The van der Waals surface area contributed by atoms with Crippen LogP contribution >= 0.6 is 0 Å². The van der Waals surface area contributed by atoms with Crippen LogP contribution in [0.2, 0.25) is 0 Å². The van der Waals surface area contributed by atoms with Gasteiger partial charge in [-0.3, -0.25) is 4.79 Å². The minimum atomic E-state index is -0.808. The molecule has 0 N–H and O–H groups in total. The van der Waals surface area contributed by atoms with Gasteiger partial charge in [-0.2, -0.15) is 0 Å². The Hall–Kier alpha value is -2.10. The summed E-state index contributed by atoms with van der Waals surface area (Å²) < 4.78 is 39.6. The summed E-state index contributed by atoms with van der Waals surface area (Å²) in [4.78, 5) is 11.8. The number of halogens is 3. The molecule has 0 aromatic heterocycles. The van der Waals surface area contributed by atoms with E-state index in [1.165, 1.54) is 18.2 Å². The number of carbonyl (C=O) groups is 1. The second-order valence-corrected chi connectivity index (χ2v) is 3.82. The summed E-state index contributed by atoms with van der Waals surface area (Å²) in [5.74, 6) is -2.70. The summed E-state index contributed by atoms with van der Waals surface area (Å²) in [5.41, 5.74) is -0.204. The normalized spacial score (nSPS) is 10.4. The molecule has 0 heterocycles. The van der Waals surface area contributed by atoms with E-state index in [9.17, 15) is 18.0 Å². The average molecular weight is 250 g/mol. The van der Waals surface area contributed by atoms with Gasteiger partial charge in [-0.25, -0.2) is 13.2 Å². The van der Waals surface area contributed by atoms with Crippen LogP contribution in [0.1, 0.15) is 15.9 Å². The Morgan fingerprint density at radius 3 is 2.39 bits per heavy atom. The molecule has 0 saturated carbocycles. The molecule has 2 rings (SSSR count). The molecule has 0 aliphatic heterocycles. The van der Waals surface area contributed by atoms with E-state index in [-0.39, 0.29) is 17.5 Å². The molecule has 0 aliphatic carbocycles. The van der Waals surface area contributed by atoms with Crippen LogP contribution in [0.15, 0.2) is 42.5 Å². The molecule has 0 saturated heterocycles. The maximum Gasteiger partial charge on any atom is 0.170 e. The van der Waals surface area contributed by atoms with E-state index < -0.39 is 23.2 Å². The molecule has 0 bridgehead atoms. The lowest BCUT2D eigenvalue weighted by Gasteiger charge is -2.04. The largest absolute Gasteiger partial charge is 0.294 e. The van der Waals surface area contributed by atoms with Crippen molar-refractivity contribution in [2.45, 2.75) is 6.42 Å². The van der Waals surface area contributed by atoms with E-state index in [0.29, 0.717) is 0 Å². The number of ketones is 1. The predicted molar refractivity (Wildman–Crippen MR) is 60.8 cm³/mol. The molecule has 0 fully saturated rings. The molecule has 92 valence electrons. The average Bonchev–Trinajstić information content (AvgIpc) is 2.35. The molecule has 0 spiro atoms. The number of rotatable bonds is 3. The van der Waals surface area contributed by atoms with Gasteiger partial charge in [0.25, 0.3) is 0 Å². The minimum absolute atomic E-state index is 0.158. The number of hydrogen-bond donors (Lipinski definition) is 0. The van der Waals surface area contributed by atoms with Gasteiger partial charge >= 0.3 is 0 Å². The van der Waals surface area contributed by atoms with Gasteiger partial charge < -0.3 is 0 Å². The lowest BCUT2D eigenvalue weighted by atomic mass is 10.0. The zero-order chi connectivity index (χ0) is 13.1. The highest BCUT2D eigenvalue weighted by molar-refractivity contribution is 5.97. The van der Waals surface area contributed by atoms with Crippen LogP contribution in [-0.2, 0) is 6.42 Å². The number of carbonyl (C=O) groups excluding carboxylic acids is 1. The van der Waals surface area contributed by atoms with E-state index in [2.05, 4.69) is 0 Å². The fourth-order valence-electron chi connectivity index (χ4n) is 1.62. The van der Waals surface area contributed by atoms with Crippen LogP contribution in [0.25, 0.3) is 0 Å². The van der Waals surface area contributed by atoms with Crippen molar-refractivity contribution in [3.63, 3.8) is 0 Å². The Balaban J connectivity index is 2.28. The van der Waals surface area contributed by atoms with Crippen LogP contribution in [0, 0.1) is 17.5 Å². The molecule has 18 heavy (non-hydrogen) atoms. The Kier molecular flexibility index (Phi) is 3.46. The molecule has 4 heteroatoms. The van der Waals surface area contributed by atoms with Crippen molar-refractivity contribution in [1.82, 2.24) is 0 Å². The third kappa shape index (κ3) is 2.59. The van der Waals surface area contributed by atoms with Crippen molar-refractivity contribution in [3.8, 4) is 0 Å². The first kappa shape index (κ1) is 12.4. The molecule has 2 aromatic rings. The minimum Gasteiger partial charge on any atom is -0.294 e. The SMILES string of the molecule is O=C(Cc1ccccc1F)c1cc(F)ccc1F. The summed E-state index contributed by atoms with van der Waals surface area (Å²) in [7, 11) is 0. The van der Waals surface area contributed by atoms with Gasteiger partial charge in [-0.15, -0.1) is 0 Å². The van der Waals surface area contributed by atoms with Crippen molar-refractivity contribution in [2.24, 2.45) is 0 Å². The van der Waals surface area contributed by atoms with Gasteiger partial charge in [-0.05, 0) is 29.8 Å². The summed E-state index contributed by atoms with van der Waals surface area (Å²) in [6.07, 6.45) is -0.299. The third-order valence-corrected chi connectivity index (χ3v) is 2.54. The lowest BCUT2D eigenvalue weighted by molar-refractivity contribution is 0.0987. The molecule has 0 unspecified atom stereocenters. The van der Waals surface area contributed by atoms with E-state index in [1.807, 2.05) is 0 Å². The first-order valence-electron chi connectivity index (χ1n) is 5.29. The summed E-state index contributed by atoms with van der Waals surface area (Å²) in [6, 6.07) is 8.34. The fraction of sp³-hybridized carbons (Fsp3) is 0.0714. The first-order valence-corrected chi connectivity index (χ1v) is 5.29. The maximum absolute atomic E-state index is 13.3. The Morgan fingerprint density at radius 1 is 0.944 bits per heavy atom. The zero-order valence-electron chi connectivity index (χ0n) is 9.29. The highest BCUT2D eigenvalue weighted by atomic mass is 19.1. The third-order valence-electron chi connectivity index (χ3n) is 2.54. The first-order chi connectivity index (χ1) is 8.58. The maximum atomic E-state index is 13.3. The van der Waals surface area contributed by atoms with Gasteiger partial charge in [0.2, 0.25) is 0 Å². The zero-order valence-corrected chi connectivity index (χ0v) is 9.29. The second-order valence-electron chi connectivity index (χ2n) is 3.82. The van der Waals surface area contributed by atoms with Gasteiger partial charge in [0.15, 0.2) is 5.78 Å². The highest BCUT2D eigenvalue weighted by Gasteiger charge is 2.15. The summed E-state index contributed by atoms with van der Waals surface area (Å²) >= 11 is 0. The van der Waals surface area contributed by atoms with Crippen molar-refractivity contribution in [1.29, 1.82) is 0 Å². The number of hydrogen-bond acceptors (Lipinski definition) is 1. The Labute approximate surface area is 102 Å². The quantitative estimate of drug-likeness (QED) is 0.761. The molecular formula is C14H9F3O. The van der Waals surface area contributed by atoms with Crippen molar-refractivity contribution in [2.75, 3.05) is 0 Å². The van der Waals surface area contributed by atoms with Gasteiger partial charge in [0, 0.05) is 6.42 Å². The highest BCUT2D eigenvalue weighted by Crippen LogP contribution is 2.15. The fourth-order valence-corrected chi connectivity index (χ4v) is 1.62. The molecular weight excluding hydrogens is 241 g/mol. The number of benzene rings is 2. The van der Waals surface area contributed by atoms with Crippen LogP contribution in [-0.4, -0.2) is 5.78 Å². The predicted octanol–water partition coefficient (Wildman–Crippen LogP) is 3.53. The summed E-state index contributed by atoms with van der Waals surface area (Å²) in [5, 5.41) is 0. The van der Waals surface area contributed by atoms with E-state index in [1.54, 1.807) is 6.07 Å².